The number of carbonyl (C=O) groups excluding carboxylic acids is 1. The summed E-state index contributed by atoms with van der Waals surface area (Å²) in [5.74, 6) is -0.139. The highest BCUT2D eigenvalue weighted by Gasteiger charge is 2.17. The van der Waals surface area contributed by atoms with E-state index in [1.54, 1.807) is 0 Å². The Balaban J connectivity index is 1.93. The van der Waals surface area contributed by atoms with Gasteiger partial charge in [-0.05, 0) is 105 Å². The van der Waals surface area contributed by atoms with E-state index in [1.165, 1.54) is 27.8 Å². The van der Waals surface area contributed by atoms with Gasteiger partial charge in [-0.15, -0.1) is 0 Å². The first kappa shape index (κ1) is 24.6. The van der Waals surface area contributed by atoms with Gasteiger partial charge in [-0.1, -0.05) is 44.2 Å². The summed E-state index contributed by atoms with van der Waals surface area (Å²) in [7, 11) is 0. The normalized spacial score (nSPS) is 11.8. The lowest BCUT2D eigenvalue weighted by Crippen LogP contribution is -2.15. The van der Waals surface area contributed by atoms with Crippen LogP contribution in [-0.2, 0) is 16.0 Å². The van der Waals surface area contributed by atoms with Crippen molar-refractivity contribution in [2.75, 3.05) is 11.5 Å². The van der Waals surface area contributed by atoms with Crippen molar-refractivity contribution >= 4 is 23.0 Å². The topological polar surface area (TPSA) is 29.5 Å². The summed E-state index contributed by atoms with van der Waals surface area (Å²) < 4.78 is 5.49. The minimum absolute atomic E-state index is 0.0395. The Morgan fingerprint density at radius 1 is 0.848 bits per heavy atom. The lowest BCUT2D eigenvalue weighted by atomic mass is 10.0. The zero-order valence-corrected chi connectivity index (χ0v) is 20.9. The molecule has 1 unspecified atom stereocenters. The highest BCUT2D eigenvalue weighted by atomic mass is 16.5. The molecule has 3 heteroatoms. The number of anilines is 3. The molecule has 0 aliphatic carbocycles. The summed E-state index contributed by atoms with van der Waals surface area (Å²) in [4.78, 5) is 14.4. The second kappa shape index (κ2) is 11.2. The summed E-state index contributed by atoms with van der Waals surface area (Å²) in [6, 6.07) is 21.8. The molecule has 3 aromatic carbocycles. The standard InChI is InChI=1S/C30H37NO2/c1-7-21(2)30(32)33-18-10-12-26-11-8-9-13-29(26)31(27-16-14-22(3)24(5)19-27)28-17-15-23(4)25(6)20-28/h8-9,11,13-17,19-21H,7,10,12,18H2,1-6H3. The Bertz CT molecular complexity index is 1050. The minimum atomic E-state index is -0.0994. The van der Waals surface area contributed by atoms with Gasteiger partial charge < -0.3 is 9.64 Å². The number of hydrogen-bond acceptors (Lipinski definition) is 3. The Morgan fingerprint density at radius 3 is 1.97 bits per heavy atom. The summed E-state index contributed by atoms with van der Waals surface area (Å²) >= 11 is 0. The van der Waals surface area contributed by atoms with Crippen molar-refractivity contribution in [1.82, 2.24) is 0 Å². The van der Waals surface area contributed by atoms with Crippen LogP contribution >= 0.6 is 0 Å². The van der Waals surface area contributed by atoms with Crippen molar-refractivity contribution in [3.63, 3.8) is 0 Å². The fourth-order valence-corrected chi connectivity index (χ4v) is 3.84. The maximum absolute atomic E-state index is 12.0. The Labute approximate surface area is 199 Å². The van der Waals surface area contributed by atoms with Gasteiger partial charge in [0.15, 0.2) is 0 Å². The number of esters is 1. The number of nitrogens with zero attached hydrogens (tertiary/aromatic N) is 1. The molecule has 0 N–H and O–H groups in total. The van der Waals surface area contributed by atoms with E-state index in [1.807, 2.05) is 13.8 Å². The molecule has 0 aliphatic rings. The molecule has 0 bridgehead atoms. The first-order valence-electron chi connectivity index (χ1n) is 12.0. The number of rotatable bonds is 9. The summed E-state index contributed by atoms with van der Waals surface area (Å²) in [6.07, 6.45) is 2.45. The quantitative estimate of drug-likeness (QED) is 0.248. The highest BCUT2D eigenvalue weighted by molar-refractivity contribution is 5.79. The van der Waals surface area contributed by atoms with E-state index in [0.717, 1.165) is 36.3 Å². The van der Waals surface area contributed by atoms with Crippen LogP contribution in [0.2, 0.25) is 0 Å². The van der Waals surface area contributed by atoms with Crippen molar-refractivity contribution in [3.05, 3.63) is 88.5 Å². The molecule has 0 aromatic heterocycles. The molecule has 0 radical (unpaired) electrons. The van der Waals surface area contributed by atoms with E-state index in [0.29, 0.717) is 6.61 Å². The van der Waals surface area contributed by atoms with Crippen molar-refractivity contribution in [1.29, 1.82) is 0 Å². The van der Waals surface area contributed by atoms with E-state index in [9.17, 15) is 4.79 Å². The average molecular weight is 444 g/mol. The molecular weight excluding hydrogens is 406 g/mol. The fraction of sp³-hybridized carbons (Fsp3) is 0.367. The molecule has 3 nitrogen and oxygen atoms in total. The summed E-state index contributed by atoms with van der Waals surface area (Å²) in [5, 5.41) is 0. The van der Waals surface area contributed by atoms with Gasteiger partial charge in [-0.25, -0.2) is 0 Å². The molecule has 0 saturated heterocycles. The predicted molar refractivity (Wildman–Crippen MR) is 139 cm³/mol. The average Bonchev–Trinajstić information content (AvgIpc) is 2.81. The van der Waals surface area contributed by atoms with Crippen molar-refractivity contribution in [3.8, 4) is 0 Å². The van der Waals surface area contributed by atoms with Crippen LogP contribution in [0, 0.1) is 33.6 Å². The maximum Gasteiger partial charge on any atom is 0.308 e. The van der Waals surface area contributed by atoms with Crippen molar-refractivity contribution < 1.29 is 9.53 Å². The molecule has 0 aliphatic heterocycles. The van der Waals surface area contributed by atoms with Gasteiger partial charge >= 0.3 is 5.97 Å². The molecule has 0 saturated carbocycles. The monoisotopic (exact) mass is 443 g/mol. The van der Waals surface area contributed by atoms with Crippen LogP contribution < -0.4 is 4.90 Å². The molecule has 33 heavy (non-hydrogen) atoms. The van der Waals surface area contributed by atoms with Gasteiger partial charge in [-0.3, -0.25) is 4.79 Å². The van der Waals surface area contributed by atoms with Crippen molar-refractivity contribution in [2.24, 2.45) is 5.92 Å². The van der Waals surface area contributed by atoms with Crippen LogP contribution in [0.5, 0.6) is 0 Å². The lowest BCUT2D eigenvalue weighted by molar-refractivity contribution is -0.148. The van der Waals surface area contributed by atoms with Crippen LogP contribution in [0.3, 0.4) is 0 Å². The van der Waals surface area contributed by atoms with Crippen LogP contribution in [0.4, 0.5) is 17.1 Å². The van der Waals surface area contributed by atoms with Crippen LogP contribution in [0.15, 0.2) is 60.7 Å². The highest BCUT2D eigenvalue weighted by Crippen LogP contribution is 2.38. The first-order chi connectivity index (χ1) is 15.8. The maximum atomic E-state index is 12.0. The number of ether oxygens (including phenoxy) is 1. The summed E-state index contributed by atoms with van der Waals surface area (Å²) in [6.45, 7) is 13.0. The van der Waals surface area contributed by atoms with E-state index in [2.05, 4.69) is 93.3 Å². The van der Waals surface area contributed by atoms with Crippen LogP contribution in [-0.4, -0.2) is 12.6 Å². The molecule has 3 aromatic rings. The van der Waals surface area contributed by atoms with Gasteiger partial charge in [-0.2, -0.15) is 0 Å². The molecule has 0 fully saturated rings. The third-order valence-corrected chi connectivity index (χ3v) is 6.58. The third-order valence-electron chi connectivity index (χ3n) is 6.58. The molecule has 0 heterocycles. The molecule has 1 atom stereocenters. The molecule has 174 valence electrons. The molecule has 0 amide bonds. The molecule has 0 spiro atoms. The number of hydrogen-bond donors (Lipinski definition) is 0. The van der Waals surface area contributed by atoms with Crippen LogP contribution in [0.25, 0.3) is 0 Å². The number of benzene rings is 3. The molecule has 3 rings (SSSR count). The number of para-hydroxylation sites is 1. The lowest BCUT2D eigenvalue weighted by Gasteiger charge is -2.29. The second-order valence-corrected chi connectivity index (χ2v) is 9.08. The fourth-order valence-electron chi connectivity index (χ4n) is 3.84. The SMILES string of the molecule is CCC(C)C(=O)OCCCc1ccccc1N(c1ccc(C)c(C)c1)c1ccc(C)c(C)c1. The van der Waals surface area contributed by atoms with Gasteiger partial charge in [0.1, 0.15) is 0 Å². The molecular formula is C30H37NO2. The zero-order chi connectivity index (χ0) is 24.0. The van der Waals surface area contributed by atoms with Gasteiger partial charge in [0.2, 0.25) is 0 Å². The van der Waals surface area contributed by atoms with E-state index in [-0.39, 0.29) is 11.9 Å². The smallest absolute Gasteiger partial charge is 0.308 e. The number of aryl methyl sites for hydroxylation is 5. The second-order valence-electron chi connectivity index (χ2n) is 9.08. The largest absolute Gasteiger partial charge is 0.465 e. The predicted octanol–water partition coefficient (Wildman–Crippen LogP) is 7.91. The Kier molecular flexibility index (Phi) is 8.32. The van der Waals surface area contributed by atoms with E-state index >= 15 is 0 Å². The Morgan fingerprint density at radius 2 is 1.42 bits per heavy atom. The Hall–Kier alpha value is -3.07. The zero-order valence-electron chi connectivity index (χ0n) is 20.9. The van der Waals surface area contributed by atoms with Gasteiger partial charge in [0.05, 0.1) is 12.5 Å². The first-order valence-corrected chi connectivity index (χ1v) is 12.0. The third kappa shape index (κ3) is 6.04. The van der Waals surface area contributed by atoms with Crippen LogP contribution in [0.1, 0.15) is 54.5 Å². The minimum Gasteiger partial charge on any atom is -0.465 e. The van der Waals surface area contributed by atoms with E-state index < -0.39 is 0 Å². The van der Waals surface area contributed by atoms with Crippen molar-refractivity contribution in [2.45, 2.75) is 60.8 Å². The van der Waals surface area contributed by atoms with Gasteiger partial charge in [0, 0.05) is 17.1 Å². The summed E-state index contributed by atoms with van der Waals surface area (Å²) in [5.41, 5.74) is 9.83. The number of carbonyl (C=O) groups is 1. The van der Waals surface area contributed by atoms with E-state index in [4.69, 9.17) is 4.74 Å². The van der Waals surface area contributed by atoms with Gasteiger partial charge in [0.25, 0.3) is 0 Å².